The van der Waals surface area contributed by atoms with Crippen LogP contribution in [0.25, 0.3) is 11.6 Å². The molecule has 1 aliphatic carbocycles. The van der Waals surface area contributed by atoms with E-state index in [1.807, 2.05) is 36.6 Å². The molecule has 0 amide bonds. The molecule has 20 heavy (non-hydrogen) atoms. The Morgan fingerprint density at radius 1 is 1.25 bits per heavy atom. The lowest BCUT2D eigenvalue weighted by molar-refractivity contribution is 0.740. The van der Waals surface area contributed by atoms with E-state index < -0.39 is 0 Å². The molecule has 100 valence electrons. The van der Waals surface area contributed by atoms with Gasteiger partial charge >= 0.3 is 0 Å². The van der Waals surface area contributed by atoms with E-state index in [-0.39, 0.29) is 11.0 Å². The summed E-state index contributed by atoms with van der Waals surface area (Å²) in [6, 6.07) is 7.98. The standard InChI is InChI=1S/C16H15N3O/c1-16(6-7-16)14-12(15(20)19-18-14)8-10-9-17-13-5-3-2-4-11(10)13/h2-5,8-9H,6-7H2,1H3,(H2,18,19,20)/b10-8-. The van der Waals surface area contributed by atoms with Gasteiger partial charge in [0.2, 0.25) is 0 Å². The number of hydrogen-bond acceptors (Lipinski definition) is 2. The number of allylic oxidation sites excluding steroid dienone is 1. The van der Waals surface area contributed by atoms with Crippen LogP contribution in [0.4, 0.5) is 5.69 Å². The summed E-state index contributed by atoms with van der Waals surface area (Å²) in [7, 11) is 0. The van der Waals surface area contributed by atoms with Crippen LogP contribution >= 0.6 is 0 Å². The molecular weight excluding hydrogens is 250 g/mol. The molecule has 4 rings (SSSR count). The zero-order valence-corrected chi connectivity index (χ0v) is 11.2. The number of H-pyrrole nitrogens is 2. The van der Waals surface area contributed by atoms with Gasteiger partial charge in [0.1, 0.15) is 0 Å². The van der Waals surface area contributed by atoms with Gasteiger partial charge in [0.05, 0.1) is 16.9 Å². The van der Waals surface area contributed by atoms with Crippen LogP contribution < -0.4 is 5.56 Å². The Hall–Kier alpha value is -2.36. The van der Waals surface area contributed by atoms with Crippen LogP contribution in [-0.4, -0.2) is 16.4 Å². The maximum absolute atomic E-state index is 12.0. The van der Waals surface area contributed by atoms with Crippen molar-refractivity contribution in [3.05, 3.63) is 51.4 Å². The lowest BCUT2D eigenvalue weighted by atomic mass is 9.98. The third-order valence-electron chi connectivity index (χ3n) is 4.28. The van der Waals surface area contributed by atoms with E-state index in [2.05, 4.69) is 22.1 Å². The van der Waals surface area contributed by atoms with Crippen LogP contribution in [0.2, 0.25) is 0 Å². The fourth-order valence-corrected chi connectivity index (χ4v) is 2.73. The highest BCUT2D eigenvalue weighted by Crippen LogP contribution is 2.47. The van der Waals surface area contributed by atoms with Crippen molar-refractivity contribution in [2.45, 2.75) is 25.2 Å². The summed E-state index contributed by atoms with van der Waals surface area (Å²) in [4.78, 5) is 16.4. The fraction of sp³-hybridized carbons (Fsp3) is 0.250. The molecular formula is C16H15N3O. The lowest BCUT2D eigenvalue weighted by Crippen LogP contribution is -2.07. The first-order valence-electron chi connectivity index (χ1n) is 6.84. The van der Waals surface area contributed by atoms with Crippen molar-refractivity contribution >= 4 is 23.6 Å². The largest absolute Gasteiger partial charge is 0.301 e. The van der Waals surface area contributed by atoms with Gasteiger partial charge in [-0.25, -0.2) is 0 Å². The first kappa shape index (κ1) is 11.5. The quantitative estimate of drug-likeness (QED) is 0.861. The van der Waals surface area contributed by atoms with Crippen molar-refractivity contribution in [1.82, 2.24) is 10.2 Å². The molecule has 4 heteroatoms. The Bertz CT molecular complexity index is 803. The fourth-order valence-electron chi connectivity index (χ4n) is 2.73. The zero-order valence-electron chi connectivity index (χ0n) is 11.2. The predicted molar refractivity (Wildman–Crippen MR) is 80.5 cm³/mol. The van der Waals surface area contributed by atoms with Gasteiger partial charge in [0.15, 0.2) is 0 Å². The van der Waals surface area contributed by atoms with Crippen LogP contribution in [0.5, 0.6) is 0 Å². The highest BCUT2D eigenvalue weighted by Gasteiger charge is 2.42. The molecule has 2 aromatic rings. The Morgan fingerprint density at radius 3 is 2.85 bits per heavy atom. The van der Waals surface area contributed by atoms with Crippen LogP contribution in [0, 0.1) is 0 Å². The number of aromatic nitrogens is 2. The summed E-state index contributed by atoms with van der Waals surface area (Å²) in [6.07, 6.45) is 6.03. The van der Waals surface area contributed by atoms with E-state index in [1.54, 1.807) is 0 Å². The average molecular weight is 265 g/mol. The SMILES string of the molecule is CC1(c2[nH][nH]c(=O)c2/C=C2/C=Nc3ccccc32)CC1. The van der Waals surface area contributed by atoms with E-state index >= 15 is 0 Å². The number of aliphatic imine (C=N–C) groups is 1. The second kappa shape index (κ2) is 3.82. The van der Waals surface area contributed by atoms with Crippen LogP contribution in [0.15, 0.2) is 34.1 Å². The van der Waals surface area contributed by atoms with Gasteiger partial charge < -0.3 is 5.10 Å². The molecule has 2 N–H and O–H groups in total. The van der Waals surface area contributed by atoms with Gasteiger partial charge in [-0.1, -0.05) is 25.1 Å². The van der Waals surface area contributed by atoms with Gasteiger partial charge in [-0.15, -0.1) is 0 Å². The first-order chi connectivity index (χ1) is 9.67. The highest BCUT2D eigenvalue weighted by atomic mass is 16.1. The number of para-hydroxylation sites is 1. The Labute approximate surface area is 116 Å². The molecule has 1 aromatic carbocycles. The maximum atomic E-state index is 12.0. The summed E-state index contributed by atoms with van der Waals surface area (Å²) in [6.45, 7) is 2.19. The monoisotopic (exact) mass is 265 g/mol. The van der Waals surface area contributed by atoms with Crippen LogP contribution in [0.3, 0.4) is 0 Å². The number of hydrogen-bond donors (Lipinski definition) is 2. The second-order valence-electron chi connectivity index (χ2n) is 5.80. The average Bonchev–Trinajstić information content (AvgIpc) is 2.92. The molecule has 2 heterocycles. The van der Waals surface area contributed by atoms with Crippen molar-refractivity contribution in [3.63, 3.8) is 0 Å². The summed E-state index contributed by atoms with van der Waals surface area (Å²) in [5, 5.41) is 5.76. The molecule has 1 fully saturated rings. The number of fused-ring (bicyclic) bond motifs is 1. The van der Waals surface area contributed by atoms with Gasteiger partial charge in [-0.2, -0.15) is 0 Å². The van der Waals surface area contributed by atoms with Crippen molar-refractivity contribution in [1.29, 1.82) is 0 Å². The predicted octanol–water partition coefficient (Wildman–Crippen LogP) is 3.01. The smallest absolute Gasteiger partial charge is 0.271 e. The zero-order chi connectivity index (χ0) is 13.7. The minimum Gasteiger partial charge on any atom is -0.301 e. The molecule has 0 atom stereocenters. The molecule has 0 spiro atoms. The number of nitrogens with one attached hydrogen (secondary N) is 2. The summed E-state index contributed by atoms with van der Waals surface area (Å²) < 4.78 is 0. The third-order valence-corrected chi connectivity index (χ3v) is 4.28. The molecule has 0 radical (unpaired) electrons. The van der Waals surface area contributed by atoms with E-state index in [0.29, 0.717) is 0 Å². The molecule has 2 aliphatic rings. The summed E-state index contributed by atoms with van der Waals surface area (Å²) in [5.74, 6) is 0. The number of aromatic amines is 2. The summed E-state index contributed by atoms with van der Waals surface area (Å²) >= 11 is 0. The van der Waals surface area contributed by atoms with E-state index in [9.17, 15) is 4.79 Å². The van der Waals surface area contributed by atoms with Gasteiger partial charge in [-0.3, -0.25) is 14.9 Å². The Kier molecular flexibility index (Phi) is 2.19. The first-order valence-corrected chi connectivity index (χ1v) is 6.84. The molecule has 0 bridgehead atoms. The maximum Gasteiger partial charge on any atom is 0.271 e. The third kappa shape index (κ3) is 1.61. The minimum absolute atomic E-state index is 0.0570. The highest BCUT2D eigenvalue weighted by molar-refractivity contribution is 6.21. The molecule has 0 unspecified atom stereocenters. The van der Waals surface area contributed by atoms with Gasteiger partial charge in [-0.05, 0) is 25.0 Å². The number of rotatable bonds is 2. The topological polar surface area (TPSA) is 61.0 Å². The van der Waals surface area contributed by atoms with Gasteiger partial charge in [0.25, 0.3) is 5.56 Å². The normalized spacial score (nSPS) is 20.4. The van der Waals surface area contributed by atoms with Crippen molar-refractivity contribution in [2.24, 2.45) is 4.99 Å². The molecule has 4 nitrogen and oxygen atoms in total. The Morgan fingerprint density at radius 2 is 2.05 bits per heavy atom. The van der Waals surface area contributed by atoms with E-state index in [4.69, 9.17) is 0 Å². The lowest BCUT2D eigenvalue weighted by Gasteiger charge is -2.06. The van der Waals surface area contributed by atoms with Crippen molar-refractivity contribution in [2.75, 3.05) is 0 Å². The molecule has 1 aliphatic heterocycles. The van der Waals surface area contributed by atoms with Crippen molar-refractivity contribution in [3.8, 4) is 0 Å². The number of benzene rings is 1. The second-order valence-corrected chi connectivity index (χ2v) is 5.80. The molecule has 1 saturated carbocycles. The van der Waals surface area contributed by atoms with E-state index in [0.717, 1.165) is 40.9 Å². The summed E-state index contributed by atoms with van der Waals surface area (Å²) in [5.41, 5.74) is 4.87. The van der Waals surface area contributed by atoms with Gasteiger partial charge in [0, 0.05) is 22.8 Å². The molecule has 0 saturated heterocycles. The van der Waals surface area contributed by atoms with Crippen LogP contribution in [-0.2, 0) is 5.41 Å². The van der Waals surface area contributed by atoms with Crippen LogP contribution in [0.1, 0.15) is 36.6 Å². The van der Waals surface area contributed by atoms with E-state index in [1.165, 1.54) is 0 Å². The Balaban J connectivity index is 1.85. The number of nitrogens with zero attached hydrogens (tertiary/aromatic N) is 1. The minimum atomic E-state index is -0.0570. The van der Waals surface area contributed by atoms with Crippen molar-refractivity contribution < 1.29 is 0 Å². The molecule has 1 aromatic heterocycles.